The van der Waals surface area contributed by atoms with Crippen molar-refractivity contribution in [1.29, 1.82) is 0 Å². The lowest BCUT2D eigenvalue weighted by Gasteiger charge is -2.03. The van der Waals surface area contributed by atoms with Crippen LogP contribution in [0.2, 0.25) is 0 Å². The maximum Gasteiger partial charge on any atom is 0.179 e. The molecule has 4 heteroatoms. The number of benzene rings is 1. The Kier molecular flexibility index (Phi) is 3.65. The van der Waals surface area contributed by atoms with Crippen molar-refractivity contribution in [2.24, 2.45) is 0 Å². The van der Waals surface area contributed by atoms with E-state index in [4.69, 9.17) is 0 Å². The zero-order valence-electron chi connectivity index (χ0n) is 9.52. The van der Waals surface area contributed by atoms with Crippen LogP contribution in [-0.2, 0) is 14.6 Å². The number of ketones is 1. The van der Waals surface area contributed by atoms with Crippen molar-refractivity contribution in [1.82, 2.24) is 0 Å². The summed E-state index contributed by atoms with van der Waals surface area (Å²) in [5.74, 6) is -0.439. The largest absolute Gasteiger partial charge is 0.294 e. The molecular formula is C12H14O3S. The first-order valence-electron chi connectivity index (χ1n) is 4.80. The van der Waals surface area contributed by atoms with E-state index in [0.717, 1.165) is 17.4 Å². The summed E-state index contributed by atoms with van der Waals surface area (Å²) in [6.45, 7) is 3.12. The molecule has 16 heavy (non-hydrogen) atoms. The fourth-order valence-corrected chi connectivity index (χ4v) is 2.22. The summed E-state index contributed by atoms with van der Waals surface area (Å²) in [6.07, 6.45) is 2.46. The van der Waals surface area contributed by atoms with Crippen LogP contribution in [0.5, 0.6) is 0 Å². The van der Waals surface area contributed by atoms with Crippen LogP contribution in [0.15, 0.2) is 29.2 Å². The summed E-state index contributed by atoms with van der Waals surface area (Å²) < 4.78 is 22.8. The lowest BCUT2D eigenvalue weighted by atomic mass is 10.1. The van der Waals surface area contributed by atoms with Gasteiger partial charge in [-0.25, -0.2) is 8.42 Å². The van der Waals surface area contributed by atoms with E-state index in [-0.39, 0.29) is 4.91 Å². The highest BCUT2D eigenvalue weighted by molar-refractivity contribution is 7.95. The van der Waals surface area contributed by atoms with E-state index in [1.807, 2.05) is 19.1 Å². The number of hydrogen-bond donors (Lipinski definition) is 0. The van der Waals surface area contributed by atoms with Gasteiger partial charge in [0, 0.05) is 6.26 Å². The topological polar surface area (TPSA) is 51.2 Å². The van der Waals surface area contributed by atoms with Crippen LogP contribution in [0.25, 0.3) is 6.08 Å². The van der Waals surface area contributed by atoms with E-state index in [2.05, 4.69) is 0 Å². The summed E-state index contributed by atoms with van der Waals surface area (Å²) in [5, 5.41) is 0. The van der Waals surface area contributed by atoms with Crippen LogP contribution < -0.4 is 0 Å². The van der Waals surface area contributed by atoms with E-state index in [1.165, 1.54) is 13.0 Å². The molecule has 0 radical (unpaired) electrons. The standard InChI is InChI=1S/C12H14O3S/c1-9-6-4-5-7-11(9)8-12(10(2)13)16(3,14)15/h4-8H,1-3H3. The fourth-order valence-electron chi connectivity index (χ4n) is 1.36. The van der Waals surface area contributed by atoms with E-state index < -0.39 is 15.6 Å². The summed E-state index contributed by atoms with van der Waals surface area (Å²) in [7, 11) is -3.47. The third-order valence-corrected chi connectivity index (χ3v) is 3.43. The van der Waals surface area contributed by atoms with E-state index >= 15 is 0 Å². The zero-order valence-corrected chi connectivity index (χ0v) is 10.3. The Morgan fingerprint density at radius 2 is 1.81 bits per heavy atom. The molecule has 0 fully saturated rings. The Labute approximate surface area is 95.7 Å². The predicted molar refractivity (Wildman–Crippen MR) is 64.7 cm³/mol. The van der Waals surface area contributed by atoms with Gasteiger partial charge in [-0.1, -0.05) is 24.3 Å². The second-order valence-electron chi connectivity index (χ2n) is 3.69. The Hall–Kier alpha value is -1.42. The number of hydrogen-bond acceptors (Lipinski definition) is 3. The zero-order chi connectivity index (χ0) is 12.3. The summed E-state index contributed by atoms with van der Waals surface area (Å²) in [6, 6.07) is 7.31. The number of carbonyl (C=O) groups is 1. The van der Waals surface area contributed by atoms with Crippen LogP contribution in [0.4, 0.5) is 0 Å². The van der Waals surface area contributed by atoms with Crippen molar-refractivity contribution in [3.63, 3.8) is 0 Å². The average Bonchev–Trinajstić information content (AvgIpc) is 2.14. The molecule has 0 saturated carbocycles. The molecule has 1 aromatic rings. The van der Waals surface area contributed by atoms with Crippen molar-refractivity contribution in [3.05, 3.63) is 40.3 Å². The molecule has 0 N–H and O–H groups in total. The molecule has 0 aliphatic heterocycles. The number of allylic oxidation sites excluding steroid dienone is 1. The lowest BCUT2D eigenvalue weighted by Crippen LogP contribution is -2.08. The van der Waals surface area contributed by atoms with Gasteiger partial charge in [-0.15, -0.1) is 0 Å². The first kappa shape index (κ1) is 12.6. The summed E-state index contributed by atoms with van der Waals surface area (Å²) >= 11 is 0. The monoisotopic (exact) mass is 238 g/mol. The van der Waals surface area contributed by atoms with Crippen LogP contribution in [-0.4, -0.2) is 20.5 Å². The van der Waals surface area contributed by atoms with Crippen molar-refractivity contribution in [2.75, 3.05) is 6.26 Å². The molecule has 3 nitrogen and oxygen atoms in total. The van der Waals surface area contributed by atoms with Gasteiger partial charge in [0.05, 0.1) is 0 Å². The highest BCUT2D eigenvalue weighted by Gasteiger charge is 2.16. The maximum atomic E-state index is 11.4. The normalized spacial score (nSPS) is 12.6. The summed E-state index contributed by atoms with van der Waals surface area (Å²) in [4.78, 5) is 11.1. The molecule has 0 spiro atoms. The molecule has 1 aromatic carbocycles. The SMILES string of the molecule is CC(=O)C(=Cc1ccccc1C)S(C)(=O)=O. The second-order valence-corrected chi connectivity index (χ2v) is 5.68. The first-order chi connectivity index (χ1) is 7.32. The van der Waals surface area contributed by atoms with Gasteiger partial charge in [-0.2, -0.15) is 0 Å². The van der Waals surface area contributed by atoms with Gasteiger partial charge in [0.1, 0.15) is 4.91 Å². The number of Topliss-reactive ketones (excluding diaryl/α,β-unsaturated/α-hetero) is 1. The molecule has 0 aromatic heterocycles. The van der Waals surface area contributed by atoms with Crippen LogP contribution in [0, 0.1) is 6.92 Å². The van der Waals surface area contributed by atoms with Gasteiger partial charge in [-0.05, 0) is 31.1 Å². The minimum atomic E-state index is -3.47. The minimum absolute atomic E-state index is 0.151. The number of aryl methyl sites for hydroxylation is 1. The molecular weight excluding hydrogens is 224 g/mol. The Bertz CT molecular complexity index is 539. The van der Waals surface area contributed by atoms with E-state index in [1.54, 1.807) is 12.1 Å². The smallest absolute Gasteiger partial charge is 0.179 e. The van der Waals surface area contributed by atoms with Crippen molar-refractivity contribution in [3.8, 4) is 0 Å². The highest BCUT2D eigenvalue weighted by atomic mass is 32.2. The number of sulfone groups is 1. The van der Waals surface area contributed by atoms with Crippen LogP contribution in [0.1, 0.15) is 18.1 Å². The van der Waals surface area contributed by atoms with Crippen molar-refractivity contribution >= 4 is 21.7 Å². The molecule has 0 unspecified atom stereocenters. The highest BCUT2D eigenvalue weighted by Crippen LogP contribution is 2.15. The average molecular weight is 238 g/mol. The molecule has 0 bridgehead atoms. The molecule has 0 heterocycles. The molecule has 1 rings (SSSR count). The van der Waals surface area contributed by atoms with Gasteiger partial charge >= 0.3 is 0 Å². The molecule has 0 atom stereocenters. The van der Waals surface area contributed by atoms with Gasteiger partial charge in [0.15, 0.2) is 15.6 Å². The second kappa shape index (κ2) is 4.61. The van der Waals surface area contributed by atoms with Crippen molar-refractivity contribution in [2.45, 2.75) is 13.8 Å². The maximum absolute atomic E-state index is 11.4. The predicted octanol–water partition coefficient (Wildman–Crippen LogP) is 1.97. The molecule has 0 aliphatic carbocycles. The first-order valence-corrected chi connectivity index (χ1v) is 6.70. The lowest BCUT2D eigenvalue weighted by molar-refractivity contribution is -0.112. The van der Waals surface area contributed by atoms with Gasteiger partial charge in [0.25, 0.3) is 0 Å². The van der Waals surface area contributed by atoms with E-state index in [9.17, 15) is 13.2 Å². The van der Waals surface area contributed by atoms with Crippen LogP contribution >= 0.6 is 0 Å². The quantitative estimate of drug-likeness (QED) is 0.756. The van der Waals surface area contributed by atoms with Gasteiger partial charge in [0.2, 0.25) is 0 Å². The number of carbonyl (C=O) groups excluding carboxylic acids is 1. The van der Waals surface area contributed by atoms with Gasteiger partial charge < -0.3 is 0 Å². The molecule has 0 amide bonds. The molecule has 0 aliphatic rings. The third-order valence-electron chi connectivity index (χ3n) is 2.22. The molecule has 86 valence electrons. The number of rotatable bonds is 3. The Morgan fingerprint density at radius 3 is 2.25 bits per heavy atom. The fraction of sp³-hybridized carbons (Fsp3) is 0.250. The Balaban J connectivity index is 3.36. The minimum Gasteiger partial charge on any atom is -0.294 e. The van der Waals surface area contributed by atoms with Gasteiger partial charge in [-0.3, -0.25) is 4.79 Å². The Morgan fingerprint density at radius 1 is 1.25 bits per heavy atom. The van der Waals surface area contributed by atoms with E-state index in [0.29, 0.717) is 0 Å². The summed E-state index contributed by atoms with van der Waals surface area (Å²) in [5.41, 5.74) is 1.68. The third kappa shape index (κ3) is 3.03. The van der Waals surface area contributed by atoms with Crippen LogP contribution in [0.3, 0.4) is 0 Å². The molecule has 0 saturated heterocycles. The van der Waals surface area contributed by atoms with Crippen molar-refractivity contribution < 1.29 is 13.2 Å².